The molecule has 4 rings (SSSR count). The van der Waals surface area contributed by atoms with E-state index < -0.39 is 0 Å². The molecule has 4 aromatic rings. The van der Waals surface area contributed by atoms with Crippen LogP contribution in [0.3, 0.4) is 0 Å². The number of hydrogen-bond acceptors (Lipinski definition) is 5. The number of benzene rings is 1. The molecule has 0 aliphatic carbocycles. The van der Waals surface area contributed by atoms with E-state index in [1.807, 2.05) is 12.3 Å². The summed E-state index contributed by atoms with van der Waals surface area (Å²) in [6.45, 7) is 0.518. The molecule has 0 bridgehead atoms. The van der Waals surface area contributed by atoms with Crippen molar-refractivity contribution in [3.05, 3.63) is 60.6 Å². The average molecular weight is 294 g/mol. The lowest BCUT2D eigenvalue weighted by Gasteiger charge is -2.07. The first-order chi connectivity index (χ1) is 10.8. The van der Waals surface area contributed by atoms with Crippen LogP contribution in [0.2, 0.25) is 0 Å². The summed E-state index contributed by atoms with van der Waals surface area (Å²) in [4.78, 5) is 12.6. The third-order valence-electron chi connectivity index (χ3n) is 3.40. The standard InChI is InChI=1S/C15H11FN6/c16-11-2-3-12-13(6-11)19-9-20-14(12)18-7-10-8-21-22-5-1-4-17-15(10)22/h1-6,8-9H,7H2,(H,18,19,20). The van der Waals surface area contributed by atoms with Gasteiger partial charge in [-0.2, -0.15) is 5.10 Å². The SMILES string of the molecule is Fc1ccc2c(NCc3cnn4cccnc34)ncnc2c1. The van der Waals surface area contributed by atoms with Gasteiger partial charge in [0.05, 0.1) is 11.7 Å². The van der Waals surface area contributed by atoms with Crippen molar-refractivity contribution in [2.75, 3.05) is 5.32 Å². The maximum atomic E-state index is 13.3. The monoisotopic (exact) mass is 294 g/mol. The Morgan fingerprint density at radius 2 is 2.14 bits per heavy atom. The summed E-state index contributed by atoms with van der Waals surface area (Å²) >= 11 is 0. The van der Waals surface area contributed by atoms with Crippen molar-refractivity contribution in [3.63, 3.8) is 0 Å². The van der Waals surface area contributed by atoms with Crippen LogP contribution in [-0.4, -0.2) is 24.6 Å². The Bertz CT molecular complexity index is 964. The quantitative estimate of drug-likeness (QED) is 0.628. The van der Waals surface area contributed by atoms with Gasteiger partial charge in [-0.05, 0) is 18.2 Å². The minimum atomic E-state index is -0.316. The Morgan fingerprint density at radius 1 is 1.18 bits per heavy atom. The second kappa shape index (κ2) is 5.03. The number of rotatable bonds is 3. The zero-order valence-corrected chi connectivity index (χ0v) is 11.4. The van der Waals surface area contributed by atoms with Gasteiger partial charge in [-0.15, -0.1) is 0 Å². The van der Waals surface area contributed by atoms with Crippen LogP contribution >= 0.6 is 0 Å². The van der Waals surface area contributed by atoms with Crippen LogP contribution in [0.5, 0.6) is 0 Å². The van der Waals surface area contributed by atoms with Gasteiger partial charge < -0.3 is 5.32 Å². The van der Waals surface area contributed by atoms with Crippen molar-refractivity contribution < 1.29 is 4.39 Å². The first kappa shape index (κ1) is 12.6. The van der Waals surface area contributed by atoms with Gasteiger partial charge in [0, 0.05) is 36.0 Å². The number of hydrogen-bond donors (Lipinski definition) is 1. The Hall–Kier alpha value is -3.09. The summed E-state index contributed by atoms with van der Waals surface area (Å²) in [6.07, 6.45) is 6.74. The Labute approximate surface area is 124 Å². The van der Waals surface area contributed by atoms with E-state index in [2.05, 4.69) is 25.4 Å². The molecule has 0 atom stereocenters. The maximum absolute atomic E-state index is 13.3. The average Bonchev–Trinajstić information content (AvgIpc) is 2.96. The Balaban J connectivity index is 1.67. The molecular weight excluding hydrogens is 283 g/mol. The molecule has 3 heterocycles. The van der Waals surface area contributed by atoms with Gasteiger partial charge in [-0.25, -0.2) is 23.9 Å². The fraction of sp³-hybridized carbons (Fsp3) is 0.0667. The molecule has 0 saturated carbocycles. The highest BCUT2D eigenvalue weighted by molar-refractivity contribution is 5.88. The van der Waals surface area contributed by atoms with Crippen molar-refractivity contribution >= 4 is 22.4 Å². The lowest BCUT2D eigenvalue weighted by Crippen LogP contribution is -2.03. The summed E-state index contributed by atoms with van der Waals surface area (Å²) in [6, 6.07) is 6.28. The zero-order chi connectivity index (χ0) is 14.9. The van der Waals surface area contributed by atoms with Crippen LogP contribution in [0, 0.1) is 5.82 Å². The van der Waals surface area contributed by atoms with E-state index in [0.29, 0.717) is 17.9 Å². The van der Waals surface area contributed by atoms with E-state index in [1.54, 1.807) is 23.0 Å². The minimum Gasteiger partial charge on any atom is -0.365 e. The van der Waals surface area contributed by atoms with E-state index in [1.165, 1.54) is 18.5 Å². The van der Waals surface area contributed by atoms with Gasteiger partial charge in [0.1, 0.15) is 18.0 Å². The summed E-state index contributed by atoms with van der Waals surface area (Å²) in [5.41, 5.74) is 2.31. The molecule has 3 aromatic heterocycles. The first-order valence-electron chi connectivity index (χ1n) is 6.72. The highest BCUT2D eigenvalue weighted by atomic mass is 19.1. The molecule has 0 radical (unpaired) electrons. The van der Waals surface area contributed by atoms with Crippen molar-refractivity contribution in [2.24, 2.45) is 0 Å². The fourth-order valence-electron chi connectivity index (χ4n) is 2.35. The lowest BCUT2D eigenvalue weighted by atomic mass is 10.2. The number of halogens is 1. The van der Waals surface area contributed by atoms with E-state index in [9.17, 15) is 4.39 Å². The molecule has 0 amide bonds. The molecule has 1 aromatic carbocycles. The van der Waals surface area contributed by atoms with E-state index in [-0.39, 0.29) is 5.82 Å². The third kappa shape index (κ3) is 2.12. The number of aromatic nitrogens is 5. The van der Waals surface area contributed by atoms with Crippen LogP contribution in [-0.2, 0) is 6.54 Å². The highest BCUT2D eigenvalue weighted by Crippen LogP contribution is 2.20. The first-order valence-corrected chi connectivity index (χ1v) is 6.72. The molecule has 6 nitrogen and oxygen atoms in total. The molecular formula is C15H11FN6. The van der Waals surface area contributed by atoms with Gasteiger partial charge >= 0.3 is 0 Å². The van der Waals surface area contributed by atoms with Gasteiger partial charge in [0.25, 0.3) is 0 Å². The Morgan fingerprint density at radius 3 is 3.09 bits per heavy atom. The van der Waals surface area contributed by atoms with Crippen molar-refractivity contribution in [2.45, 2.75) is 6.54 Å². The topological polar surface area (TPSA) is 68.0 Å². The summed E-state index contributed by atoms with van der Waals surface area (Å²) < 4.78 is 15.0. The number of nitrogens with one attached hydrogen (secondary N) is 1. The molecule has 0 fully saturated rings. The molecule has 0 saturated heterocycles. The van der Waals surface area contributed by atoms with Crippen LogP contribution in [0.4, 0.5) is 10.2 Å². The number of anilines is 1. The van der Waals surface area contributed by atoms with Gasteiger partial charge in [0.2, 0.25) is 0 Å². The number of nitrogens with zero attached hydrogens (tertiary/aromatic N) is 5. The molecule has 1 N–H and O–H groups in total. The maximum Gasteiger partial charge on any atom is 0.159 e. The normalized spacial score (nSPS) is 11.1. The number of fused-ring (bicyclic) bond motifs is 2. The molecule has 7 heteroatoms. The smallest absolute Gasteiger partial charge is 0.159 e. The van der Waals surface area contributed by atoms with Gasteiger partial charge in [-0.3, -0.25) is 0 Å². The molecule has 22 heavy (non-hydrogen) atoms. The van der Waals surface area contributed by atoms with Crippen LogP contribution < -0.4 is 5.32 Å². The molecule has 0 aliphatic rings. The molecule has 0 spiro atoms. The highest BCUT2D eigenvalue weighted by Gasteiger charge is 2.07. The van der Waals surface area contributed by atoms with Crippen LogP contribution in [0.1, 0.15) is 5.56 Å². The van der Waals surface area contributed by atoms with Gasteiger partial charge in [-0.1, -0.05) is 0 Å². The second-order valence-electron chi connectivity index (χ2n) is 4.79. The second-order valence-corrected chi connectivity index (χ2v) is 4.79. The summed E-state index contributed by atoms with van der Waals surface area (Å²) in [5, 5.41) is 8.24. The predicted octanol–water partition coefficient (Wildman–Crippen LogP) is 2.42. The van der Waals surface area contributed by atoms with E-state index in [0.717, 1.165) is 16.6 Å². The zero-order valence-electron chi connectivity index (χ0n) is 11.4. The Kier molecular flexibility index (Phi) is 2.89. The third-order valence-corrected chi connectivity index (χ3v) is 3.40. The minimum absolute atomic E-state index is 0.316. The largest absolute Gasteiger partial charge is 0.365 e. The fourth-order valence-corrected chi connectivity index (χ4v) is 2.35. The summed E-state index contributed by atoms with van der Waals surface area (Å²) in [5.74, 6) is 0.337. The summed E-state index contributed by atoms with van der Waals surface area (Å²) in [7, 11) is 0. The molecule has 0 unspecified atom stereocenters. The van der Waals surface area contributed by atoms with Gasteiger partial charge in [0.15, 0.2) is 5.65 Å². The van der Waals surface area contributed by atoms with Crippen molar-refractivity contribution in [1.82, 2.24) is 24.6 Å². The van der Waals surface area contributed by atoms with Crippen molar-refractivity contribution in [3.8, 4) is 0 Å². The lowest BCUT2D eigenvalue weighted by molar-refractivity contribution is 0.629. The van der Waals surface area contributed by atoms with E-state index >= 15 is 0 Å². The molecule has 0 aliphatic heterocycles. The van der Waals surface area contributed by atoms with Crippen LogP contribution in [0.15, 0.2) is 49.2 Å². The predicted molar refractivity (Wildman–Crippen MR) is 79.8 cm³/mol. The van der Waals surface area contributed by atoms with Crippen LogP contribution in [0.25, 0.3) is 16.6 Å². The molecule has 108 valence electrons. The van der Waals surface area contributed by atoms with E-state index in [4.69, 9.17) is 0 Å². The van der Waals surface area contributed by atoms with Crippen molar-refractivity contribution in [1.29, 1.82) is 0 Å².